The molecular weight excluding hydrogens is 363 g/mol. The number of nitrogens with zero attached hydrogens (tertiary/aromatic N) is 1. The van der Waals surface area contributed by atoms with Crippen LogP contribution in [0.4, 0.5) is 13.2 Å². The number of aliphatic imine (C=N–C) groups is 1. The molecule has 6 nitrogen and oxygen atoms in total. The summed E-state index contributed by atoms with van der Waals surface area (Å²) in [5, 5.41) is 5.98. The number of nitrogens with one attached hydrogen (secondary N) is 2. The van der Waals surface area contributed by atoms with E-state index in [0.717, 1.165) is 19.4 Å². The molecule has 154 valence electrons. The zero-order valence-corrected chi connectivity index (χ0v) is 15.8. The third-order valence-electron chi connectivity index (χ3n) is 3.42. The lowest BCUT2D eigenvalue weighted by Gasteiger charge is -2.15. The molecule has 27 heavy (non-hydrogen) atoms. The Morgan fingerprint density at radius 3 is 2.41 bits per heavy atom. The predicted molar refractivity (Wildman–Crippen MR) is 97.9 cm³/mol. The van der Waals surface area contributed by atoms with Crippen LogP contribution in [-0.4, -0.2) is 52.3 Å². The number of hydrogen-bond acceptors (Lipinski definition) is 4. The van der Waals surface area contributed by atoms with E-state index < -0.39 is 6.36 Å². The molecule has 0 amide bonds. The van der Waals surface area contributed by atoms with Gasteiger partial charge in [0.1, 0.15) is 5.75 Å². The van der Waals surface area contributed by atoms with E-state index >= 15 is 0 Å². The zero-order chi connectivity index (χ0) is 20.0. The van der Waals surface area contributed by atoms with Crippen LogP contribution in [0.2, 0.25) is 0 Å². The van der Waals surface area contributed by atoms with Crippen LogP contribution in [0, 0.1) is 0 Å². The topological polar surface area (TPSA) is 64.1 Å². The summed E-state index contributed by atoms with van der Waals surface area (Å²) in [6.45, 7) is 5.03. The minimum Gasteiger partial charge on any atom is -0.405 e. The smallest absolute Gasteiger partial charge is 0.405 e. The molecule has 0 aliphatic heterocycles. The van der Waals surface area contributed by atoms with E-state index in [2.05, 4.69) is 27.3 Å². The highest BCUT2D eigenvalue weighted by molar-refractivity contribution is 5.79. The molecular formula is C18H28F3N3O3. The van der Waals surface area contributed by atoms with Crippen molar-refractivity contribution in [2.75, 3.05) is 40.0 Å². The van der Waals surface area contributed by atoms with Crippen molar-refractivity contribution in [1.82, 2.24) is 10.6 Å². The Balaban J connectivity index is 2.27. The van der Waals surface area contributed by atoms with Crippen molar-refractivity contribution in [3.05, 3.63) is 29.8 Å². The quantitative estimate of drug-likeness (QED) is 0.326. The lowest BCUT2D eigenvalue weighted by Crippen LogP contribution is -2.38. The number of benzene rings is 1. The number of guanidine groups is 1. The van der Waals surface area contributed by atoms with Gasteiger partial charge in [0.05, 0.1) is 19.8 Å². The normalized spacial score (nSPS) is 12.1. The van der Waals surface area contributed by atoms with E-state index in [1.165, 1.54) is 12.1 Å². The molecule has 0 bridgehead atoms. The number of rotatable bonds is 12. The van der Waals surface area contributed by atoms with E-state index in [-0.39, 0.29) is 12.3 Å². The van der Waals surface area contributed by atoms with Gasteiger partial charge in [-0.05, 0) is 12.5 Å². The largest absolute Gasteiger partial charge is 0.573 e. The summed E-state index contributed by atoms with van der Waals surface area (Å²) in [5.41, 5.74) is 0.373. The Morgan fingerprint density at radius 1 is 1.04 bits per heavy atom. The Labute approximate surface area is 158 Å². The molecule has 1 aromatic carbocycles. The van der Waals surface area contributed by atoms with Crippen LogP contribution in [0.5, 0.6) is 5.75 Å². The second kappa shape index (κ2) is 13.2. The van der Waals surface area contributed by atoms with Crippen LogP contribution < -0.4 is 15.4 Å². The van der Waals surface area contributed by atoms with Crippen LogP contribution in [0.15, 0.2) is 29.3 Å². The zero-order valence-electron chi connectivity index (χ0n) is 15.8. The van der Waals surface area contributed by atoms with Crippen molar-refractivity contribution >= 4 is 5.96 Å². The molecule has 0 atom stereocenters. The van der Waals surface area contributed by atoms with Gasteiger partial charge in [-0.3, -0.25) is 4.99 Å². The first kappa shape index (κ1) is 23.0. The Hall–Kier alpha value is -2.00. The summed E-state index contributed by atoms with van der Waals surface area (Å²) in [5.74, 6) is 0.221. The van der Waals surface area contributed by atoms with Gasteiger partial charge in [0.2, 0.25) is 0 Å². The molecule has 0 aromatic heterocycles. The summed E-state index contributed by atoms with van der Waals surface area (Å²) in [6, 6.07) is 5.97. The van der Waals surface area contributed by atoms with E-state index in [4.69, 9.17) is 9.47 Å². The highest BCUT2D eigenvalue weighted by atomic mass is 19.4. The van der Waals surface area contributed by atoms with Crippen LogP contribution in [0.3, 0.4) is 0 Å². The molecule has 1 rings (SSSR count). The van der Waals surface area contributed by atoms with Crippen molar-refractivity contribution in [3.63, 3.8) is 0 Å². The number of alkyl halides is 3. The van der Waals surface area contributed by atoms with Crippen LogP contribution >= 0.6 is 0 Å². The fraction of sp³-hybridized carbons (Fsp3) is 0.611. The summed E-state index contributed by atoms with van der Waals surface area (Å²) < 4.78 is 52.2. The lowest BCUT2D eigenvalue weighted by atomic mass is 10.2. The van der Waals surface area contributed by atoms with Gasteiger partial charge < -0.3 is 24.8 Å². The van der Waals surface area contributed by atoms with Crippen molar-refractivity contribution in [2.24, 2.45) is 4.99 Å². The Bertz CT molecular complexity index is 554. The third-order valence-corrected chi connectivity index (χ3v) is 3.42. The number of para-hydroxylation sites is 1. The average molecular weight is 391 g/mol. The van der Waals surface area contributed by atoms with Crippen molar-refractivity contribution < 1.29 is 27.4 Å². The fourth-order valence-electron chi connectivity index (χ4n) is 2.08. The number of unbranched alkanes of at least 4 members (excludes halogenated alkanes) is 1. The first-order valence-electron chi connectivity index (χ1n) is 8.90. The summed E-state index contributed by atoms with van der Waals surface area (Å²) in [4.78, 5) is 4.03. The monoisotopic (exact) mass is 391 g/mol. The van der Waals surface area contributed by atoms with Gasteiger partial charge in [0.25, 0.3) is 0 Å². The maximum Gasteiger partial charge on any atom is 0.573 e. The third kappa shape index (κ3) is 11.3. The average Bonchev–Trinajstić information content (AvgIpc) is 2.62. The van der Waals surface area contributed by atoms with Crippen LogP contribution in [0.1, 0.15) is 25.3 Å². The number of halogens is 3. The molecule has 2 N–H and O–H groups in total. The van der Waals surface area contributed by atoms with Gasteiger partial charge in [0.15, 0.2) is 5.96 Å². The van der Waals surface area contributed by atoms with Crippen molar-refractivity contribution in [2.45, 2.75) is 32.7 Å². The molecule has 9 heteroatoms. The SMILES string of the molecule is CCCCOCCOCCNC(=NC)NCc1ccccc1OC(F)(F)F. The Morgan fingerprint density at radius 2 is 1.74 bits per heavy atom. The van der Waals surface area contributed by atoms with Crippen molar-refractivity contribution in [3.8, 4) is 5.75 Å². The van der Waals surface area contributed by atoms with Crippen LogP contribution in [0.25, 0.3) is 0 Å². The fourth-order valence-corrected chi connectivity index (χ4v) is 2.08. The molecule has 0 saturated carbocycles. The first-order chi connectivity index (χ1) is 13.0. The van der Waals surface area contributed by atoms with Crippen molar-refractivity contribution in [1.29, 1.82) is 0 Å². The van der Waals surface area contributed by atoms with Gasteiger partial charge >= 0.3 is 6.36 Å². The van der Waals surface area contributed by atoms with Gasteiger partial charge in [-0.25, -0.2) is 0 Å². The molecule has 0 fully saturated rings. The Kier molecular flexibility index (Phi) is 11.3. The molecule has 0 heterocycles. The summed E-state index contributed by atoms with van der Waals surface area (Å²) in [6.07, 6.45) is -2.59. The first-order valence-corrected chi connectivity index (χ1v) is 8.90. The molecule has 0 aliphatic carbocycles. The van der Waals surface area contributed by atoms with Gasteiger partial charge in [-0.15, -0.1) is 13.2 Å². The highest BCUT2D eigenvalue weighted by Gasteiger charge is 2.31. The minimum atomic E-state index is -4.73. The summed E-state index contributed by atoms with van der Waals surface area (Å²) in [7, 11) is 1.58. The highest BCUT2D eigenvalue weighted by Crippen LogP contribution is 2.25. The van der Waals surface area contributed by atoms with Gasteiger partial charge in [-0.1, -0.05) is 31.5 Å². The molecule has 0 aliphatic rings. The van der Waals surface area contributed by atoms with E-state index in [1.807, 2.05) is 0 Å². The van der Waals surface area contributed by atoms with Crippen LogP contribution in [-0.2, 0) is 16.0 Å². The molecule has 0 unspecified atom stereocenters. The molecule has 0 saturated heterocycles. The second-order valence-electron chi connectivity index (χ2n) is 5.59. The van der Waals surface area contributed by atoms with E-state index in [1.54, 1.807) is 19.2 Å². The predicted octanol–water partition coefficient (Wildman–Crippen LogP) is 3.08. The molecule has 1 aromatic rings. The lowest BCUT2D eigenvalue weighted by molar-refractivity contribution is -0.274. The summed E-state index contributed by atoms with van der Waals surface area (Å²) >= 11 is 0. The van der Waals surface area contributed by atoms with Gasteiger partial charge in [0, 0.05) is 32.3 Å². The molecule has 0 radical (unpaired) electrons. The van der Waals surface area contributed by atoms with E-state index in [9.17, 15) is 13.2 Å². The minimum absolute atomic E-state index is 0.137. The number of hydrogen-bond donors (Lipinski definition) is 2. The maximum absolute atomic E-state index is 12.4. The number of ether oxygens (including phenoxy) is 3. The second-order valence-corrected chi connectivity index (χ2v) is 5.59. The maximum atomic E-state index is 12.4. The van der Waals surface area contributed by atoms with E-state index in [0.29, 0.717) is 37.9 Å². The standard InChI is InChI=1S/C18H28F3N3O3/c1-3-4-10-25-12-13-26-11-9-23-17(22-2)24-14-15-7-5-6-8-16(15)27-18(19,20)21/h5-8H,3-4,9-14H2,1-2H3,(H2,22,23,24). The van der Waals surface area contributed by atoms with Gasteiger partial charge in [-0.2, -0.15) is 0 Å². The molecule has 0 spiro atoms.